The number of thiophene rings is 1. The molecule has 0 saturated carbocycles. The molecule has 0 fully saturated rings. The summed E-state index contributed by atoms with van der Waals surface area (Å²) in [5.74, 6) is -0.00181. The van der Waals surface area contributed by atoms with E-state index in [1.165, 1.54) is 0 Å². The Morgan fingerprint density at radius 2 is 2.06 bits per heavy atom. The van der Waals surface area contributed by atoms with Gasteiger partial charge in [0.15, 0.2) is 5.78 Å². The summed E-state index contributed by atoms with van der Waals surface area (Å²) in [4.78, 5) is 13.3. The van der Waals surface area contributed by atoms with Crippen molar-refractivity contribution in [3.8, 4) is 0 Å². The molecule has 0 bridgehead atoms. The second kappa shape index (κ2) is 4.40. The molecule has 0 aliphatic heterocycles. The van der Waals surface area contributed by atoms with Crippen LogP contribution in [0.1, 0.15) is 26.4 Å². The minimum absolute atomic E-state index is 0.00181. The molecule has 0 radical (unpaired) electrons. The standard InChI is InChI=1S/C13H11ClOS/c1-8-4-3-5-11(12(8)14)13(15)10-6-9(2)16-7-10/h3-7H,1-2H3. The molecule has 0 saturated heterocycles. The molecule has 3 heteroatoms. The molecule has 0 aliphatic rings. The van der Waals surface area contributed by atoms with E-state index in [-0.39, 0.29) is 5.78 Å². The first-order chi connectivity index (χ1) is 7.59. The van der Waals surface area contributed by atoms with Crippen molar-refractivity contribution in [2.75, 3.05) is 0 Å². The summed E-state index contributed by atoms with van der Waals surface area (Å²) in [6.45, 7) is 3.89. The first kappa shape index (κ1) is 11.4. The molecule has 0 spiro atoms. The van der Waals surface area contributed by atoms with Gasteiger partial charge in [-0.25, -0.2) is 0 Å². The number of benzene rings is 1. The molecule has 0 unspecified atom stereocenters. The third-order valence-electron chi connectivity index (χ3n) is 2.43. The van der Waals surface area contributed by atoms with Gasteiger partial charge in [-0.3, -0.25) is 4.79 Å². The topological polar surface area (TPSA) is 17.1 Å². The van der Waals surface area contributed by atoms with E-state index in [0.717, 1.165) is 16.0 Å². The summed E-state index contributed by atoms with van der Waals surface area (Å²) < 4.78 is 0. The zero-order chi connectivity index (χ0) is 11.7. The van der Waals surface area contributed by atoms with Gasteiger partial charge in [-0.1, -0.05) is 23.7 Å². The van der Waals surface area contributed by atoms with Gasteiger partial charge in [0.05, 0.1) is 5.02 Å². The summed E-state index contributed by atoms with van der Waals surface area (Å²) in [7, 11) is 0. The molecule has 0 N–H and O–H groups in total. The number of rotatable bonds is 2. The molecular formula is C13H11ClOS. The Bertz CT molecular complexity index is 543. The zero-order valence-corrected chi connectivity index (χ0v) is 10.7. The zero-order valence-electron chi connectivity index (χ0n) is 9.08. The smallest absolute Gasteiger partial charge is 0.195 e. The van der Waals surface area contributed by atoms with E-state index in [1.54, 1.807) is 17.4 Å². The molecular weight excluding hydrogens is 240 g/mol. The molecule has 2 aromatic rings. The monoisotopic (exact) mass is 250 g/mol. The number of halogens is 1. The van der Waals surface area contributed by atoms with Crippen molar-refractivity contribution >= 4 is 28.7 Å². The van der Waals surface area contributed by atoms with Crippen molar-refractivity contribution in [2.45, 2.75) is 13.8 Å². The fraction of sp³-hybridized carbons (Fsp3) is 0.154. The Morgan fingerprint density at radius 1 is 1.31 bits per heavy atom. The van der Waals surface area contributed by atoms with Gasteiger partial charge in [-0.05, 0) is 31.5 Å². The minimum Gasteiger partial charge on any atom is -0.289 e. The normalized spacial score (nSPS) is 10.4. The third-order valence-corrected chi connectivity index (χ3v) is 3.79. The van der Waals surface area contributed by atoms with E-state index < -0.39 is 0 Å². The van der Waals surface area contributed by atoms with Crippen LogP contribution in [0, 0.1) is 13.8 Å². The highest BCUT2D eigenvalue weighted by Crippen LogP contribution is 2.24. The average Bonchev–Trinajstić information content (AvgIpc) is 2.68. The summed E-state index contributed by atoms with van der Waals surface area (Å²) >= 11 is 7.70. The Kier molecular flexibility index (Phi) is 3.13. The molecule has 1 aromatic heterocycles. The van der Waals surface area contributed by atoms with Crippen LogP contribution in [0.3, 0.4) is 0 Å². The Labute approximate surface area is 104 Å². The lowest BCUT2D eigenvalue weighted by Gasteiger charge is -2.04. The molecule has 1 aromatic carbocycles. The van der Waals surface area contributed by atoms with Crippen LogP contribution < -0.4 is 0 Å². The van der Waals surface area contributed by atoms with E-state index >= 15 is 0 Å². The van der Waals surface area contributed by atoms with Gasteiger partial charge in [0.1, 0.15) is 0 Å². The Balaban J connectivity index is 2.45. The number of hydrogen-bond acceptors (Lipinski definition) is 2. The number of carbonyl (C=O) groups excluding carboxylic acids is 1. The van der Waals surface area contributed by atoms with Crippen LogP contribution in [0.25, 0.3) is 0 Å². The summed E-state index contributed by atoms with van der Waals surface area (Å²) in [6, 6.07) is 7.42. The van der Waals surface area contributed by atoms with Crippen LogP contribution >= 0.6 is 22.9 Å². The van der Waals surface area contributed by atoms with Crippen LogP contribution in [-0.4, -0.2) is 5.78 Å². The lowest BCUT2D eigenvalue weighted by Crippen LogP contribution is -2.01. The fourth-order valence-electron chi connectivity index (χ4n) is 1.54. The quantitative estimate of drug-likeness (QED) is 0.729. The predicted molar refractivity (Wildman–Crippen MR) is 68.7 cm³/mol. The molecule has 82 valence electrons. The molecule has 0 amide bonds. The lowest BCUT2D eigenvalue weighted by molar-refractivity contribution is 0.103. The lowest BCUT2D eigenvalue weighted by atomic mass is 10.0. The van der Waals surface area contributed by atoms with Crippen molar-refractivity contribution in [3.05, 3.63) is 56.2 Å². The van der Waals surface area contributed by atoms with Crippen LogP contribution in [-0.2, 0) is 0 Å². The van der Waals surface area contributed by atoms with E-state index in [1.807, 2.05) is 37.4 Å². The first-order valence-electron chi connectivity index (χ1n) is 4.94. The second-order valence-corrected chi connectivity index (χ2v) is 5.20. The average molecular weight is 251 g/mol. The minimum atomic E-state index is -0.00181. The van der Waals surface area contributed by atoms with Gasteiger partial charge in [0, 0.05) is 21.4 Å². The number of ketones is 1. The largest absolute Gasteiger partial charge is 0.289 e. The Morgan fingerprint density at radius 3 is 2.69 bits per heavy atom. The first-order valence-corrected chi connectivity index (χ1v) is 6.20. The molecule has 0 atom stereocenters. The highest BCUT2D eigenvalue weighted by molar-refractivity contribution is 7.10. The highest BCUT2D eigenvalue weighted by atomic mass is 35.5. The molecule has 1 nitrogen and oxygen atoms in total. The van der Waals surface area contributed by atoms with Gasteiger partial charge in [0.25, 0.3) is 0 Å². The van der Waals surface area contributed by atoms with Crippen LogP contribution in [0.15, 0.2) is 29.6 Å². The van der Waals surface area contributed by atoms with Crippen LogP contribution in [0.4, 0.5) is 0 Å². The predicted octanol–water partition coefficient (Wildman–Crippen LogP) is 4.25. The highest BCUT2D eigenvalue weighted by Gasteiger charge is 2.14. The number of aryl methyl sites for hydroxylation is 2. The fourth-order valence-corrected chi connectivity index (χ4v) is 2.44. The third kappa shape index (κ3) is 2.04. The van der Waals surface area contributed by atoms with E-state index in [4.69, 9.17) is 11.6 Å². The van der Waals surface area contributed by atoms with Gasteiger partial charge in [-0.2, -0.15) is 0 Å². The molecule has 2 rings (SSSR count). The van der Waals surface area contributed by atoms with Crippen molar-refractivity contribution in [1.82, 2.24) is 0 Å². The number of hydrogen-bond donors (Lipinski definition) is 0. The molecule has 0 aliphatic carbocycles. The van der Waals surface area contributed by atoms with Crippen molar-refractivity contribution in [1.29, 1.82) is 0 Å². The molecule has 16 heavy (non-hydrogen) atoms. The summed E-state index contributed by atoms with van der Waals surface area (Å²) in [5, 5.41) is 2.42. The SMILES string of the molecule is Cc1cc(C(=O)c2cccc(C)c2Cl)cs1. The maximum Gasteiger partial charge on any atom is 0.195 e. The second-order valence-electron chi connectivity index (χ2n) is 3.71. The molecule has 1 heterocycles. The van der Waals surface area contributed by atoms with Gasteiger partial charge < -0.3 is 0 Å². The van der Waals surface area contributed by atoms with Crippen molar-refractivity contribution in [2.24, 2.45) is 0 Å². The maximum atomic E-state index is 12.2. The van der Waals surface area contributed by atoms with E-state index in [2.05, 4.69) is 0 Å². The van der Waals surface area contributed by atoms with Gasteiger partial charge in [-0.15, -0.1) is 11.3 Å². The van der Waals surface area contributed by atoms with Crippen molar-refractivity contribution in [3.63, 3.8) is 0 Å². The number of carbonyl (C=O) groups is 1. The Hall–Kier alpha value is -1.12. The summed E-state index contributed by atoms with van der Waals surface area (Å²) in [6.07, 6.45) is 0. The maximum absolute atomic E-state index is 12.2. The van der Waals surface area contributed by atoms with E-state index in [0.29, 0.717) is 10.6 Å². The summed E-state index contributed by atoms with van der Waals surface area (Å²) in [5.41, 5.74) is 2.23. The van der Waals surface area contributed by atoms with Crippen molar-refractivity contribution < 1.29 is 4.79 Å². The van der Waals surface area contributed by atoms with Crippen LogP contribution in [0.5, 0.6) is 0 Å². The van der Waals surface area contributed by atoms with Crippen LogP contribution in [0.2, 0.25) is 5.02 Å². The van der Waals surface area contributed by atoms with E-state index in [9.17, 15) is 4.79 Å². The van der Waals surface area contributed by atoms with Gasteiger partial charge in [0.2, 0.25) is 0 Å². The van der Waals surface area contributed by atoms with Gasteiger partial charge >= 0.3 is 0 Å².